The Hall–Kier alpha value is -0.900. The van der Waals surface area contributed by atoms with E-state index in [-0.39, 0.29) is 15.8 Å². The van der Waals surface area contributed by atoms with Crippen molar-refractivity contribution >= 4 is 37.8 Å². The van der Waals surface area contributed by atoms with Crippen molar-refractivity contribution in [2.24, 2.45) is 0 Å². The molecular formula is C26H41NP2. The first-order valence-corrected chi connectivity index (χ1v) is 14.2. The van der Waals surface area contributed by atoms with E-state index in [1.807, 2.05) is 0 Å². The second kappa shape index (κ2) is 10.9. The molecule has 2 aromatic rings. The molecule has 0 fully saturated rings. The van der Waals surface area contributed by atoms with Gasteiger partial charge in [0.1, 0.15) is 0 Å². The molecule has 29 heavy (non-hydrogen) atoms. The SMILES string of the molecule is CCN(c1ccccc1P(C(C)C)C(C)C)c1ccccc1P(C(C)C)C(C)C. The van der Waals surface area contributed by atoms with Crippen molar-refractivity contribution in [2.45, 2.75) is 84.9 Å². The minimum absolute atomic E-state index is 0.209. The molecule has 0 saturated carbocycles. The maximum absolute atomic E-state index is 2.59. The van der Waals surface area contributed by atoms with Crippen LogP contribution >= 0.6 is 15.8 Å². The summed E-state index contributed by atoms with van der Waals surface area (Å²) in [5, 5.41) is 3.12. The summed E-state index contributed by atoms with van der Waals surface area (Å²) in [6.45, 7) is 22.4. The van der Waals surface area contributed by atoms with E-state index >= 15 is 0 Å². The third-order valence-electron chi connectivity index (χ3n) is 5.44. The van der Waals surface area contributed by atoms with Gasteiger partial charge in [0, 0.05) is 28.5 Å². The Bertz CT molecular complexity index is 687. The maximum atomic E-state index is 2.59. The number of benzene rings is 2. The van der Waals surface area contributed by atoms with Crippen molar-refractivity contribution < 1.29 is 0 Å². The highest BCUT2D eigenvalue weighted by Gasteiger charge is 2.27. The lowest BCUT2D eigenvalue weighted by Gasteiger charge is -2.36. The molecule has 0 heterocycles. The lowest BCUT2D eigenvalue weighted by Crippen LogP contribution is -2.29. The van der Waals surface area contributed by atoms with Crippen LogP contribution in [-0.2, 0) is 0 Å². The first kappa shape index (κ1) is 24.4. The zero-order valence-electron chi connectivity index (χ0n) is 20.0. The third kappa shape index (κ3) is 5.62. The van der Waals surface area contributed by atoms with Gasteiger partial charge in [-0.3, -0.25) is 0 Å². The van der Waals surface area contributed by atoms with Crippen LogP contribution in [0.1, 0.15) is 62.3 Å². The maximum Gasteiger partial charge on any atom is 0.0489 e. The van der Waals surface area contributed by atoms with Crippen molar-refractivity contribution in [3.8, 4) is 0 Å². The van der Waals surface area contributed by atoms with Crippen LogP contribution in [0.15, 0.2) is 48.5 Å². The molecule has 160 valence electrons. The van der Waals surface area contributed by atoms with Gasteiger partial charge >= 0.3 is 0 Å². The summed E-state index contributed by atoms with van der Waals surface area (Å²) in [5.74, 6) is 0. The Morgan fingerprint density at radius 2 is 0.897 bits per heavy atom. The van der Waals surface area contributed by atoms with Crippen LogP contribution in [0.4, 0.5) is 11.4 Å². The van der Waals surface area contributed by atoms with Gasteiger partial charge in [-0.15, -0.1) is 0 Å². The number of nitrogens with zero attached hydrogens (tertiary/aromatic N) is 1. The first-order valence-electron chi connectivity index (χ1n) is 11.2. The Kier molecular flexibility index (Phi) is 9.18. The van der Waals surface area contributed by atoms with Crippen LogP contribution in [-0.4, -0.2) is 29.2 Å². The molecule has 2 rings (SSSR count). The highest BCUT2D eigenvalue weighted by atomic mass is 31.1. The summed E-state index contributed by atoms with van der Waals surface area (Å²) >= 11 is 0. The van der Waals surface area contributed by atoms with E-state index in [9.17, 15) is 0 Å². The van der Waals surface area contributed by atoms with Gasteiger partial charge in [0.2, 0.25) is 0 Å². The predicted octanol–water partition coefficient (Wildman–Crippen LogP) is 7.69. The smallest absolute Gasteiger partial charge is 0.0489 e. The summed E-state index contributed by atoms with van der Waals surface area (Å²) in [6.07, 6.45) is 0. The average Bonchev–Trinajstić information content (AvgIpc) is 2.63. The Balaban J connectivity index is 2.66. The normalized spacial score (nSPS) is 12.2. The van der Waals surface area contributed by atoms with Crippen LogP contribution < -0.4 is 15.5 Å². The number of rotatable bonds is 9. The predicted molar refractivity (Wildman–Crippen MR) is 139 cm³/mol. The zero-order valence-corrected chi connectivity index (χ0v) is 21.8. The number of hydrogen-bond donors (Lipinski definition) is 0. The van der Waals surface area contributed by atoms with Crippen LogP contribution in [0, 0.1) is 0 Å². The second-order valence-corrected chi connectivity index (χ2v) is 15.6. The minimum atomic E-state index is -0.209. The van der Waals surface area contributed by atoms with Gasteiger partial charge in [0.25, 0.3) is 0 Å². The van der Waals surface area contributed by atoms with E-state index in [2.05, 4.69) is 116 Å². The summed E-state index contributed by atoms with van der Waals surface area (Å²) < 4.78 is 0. The van der Waals surface area contributed by atoms with Crippen LogP contribution in [0.2, 0.25) is 0 Å². The average molecular weight is 430 g/mol. The van der Waals surface area contributed by atoms with E-state index in [0.29, 0.717) is 22.6 Å². The van der Waals surface area contributed by atoms with Crippen molar-refractivity contribution in [3.63, 3.8) is 0 Å². The molecule has 0 atom stereocenters. The third-order valence-corrected chi connectivity index (χ3v) is 11.8. The molecule has 0 radical (unpaired) electrons. The molecule has 1 nitrogen and oxygen atoms in total. The lowest BCUT2D eigenvalue weighted by molar-refractivity contribution is 1.01. The highest BCUT2D eigenvalue weighted by molar-refractivity contribution is 7.67. The fourth-order valence-electron chi connectivity index (χ4n) is 4.60. The topological polar surface area (TPSA) is 3.24 Å². The Morgan fingerprint density at radius 3 is 1.17 bits per heavy atom. The summed E-state index contributed by atoms with van der Waals surface area (Å²) in [7, 11) is -0.419. The number of para-hydroxylation sites is 2. The molecule has 3 heteroatoms. The summed E-state index contributed by atoms with van der Waals surface area (Å²) in [5.41, 5.74) is 5.57. The quantitative estimate of drug-likeness (QED) is 0.369. The fourth-order valence-corrected chi connectivity index (χ4v) is 10.6. The standard InChI is InChI=1S/C26H41NP2/c1-10-27(23-15-11-13-17-25(23)28(19(2)3)20(4)5)24-16-12-14-18-26(24)29(21(6)7)22(8)9/h11-22H,10H2,1-9H3. The van der Waals surface area contributed by atoms with Gasteiger partial charge in [-0.05, 0) is 41.7 Å². The van der Waals surface area contributed by atoms with Crippen molar-refractivity contribution in [1.82, 2.24) is 0 Å². The largest absolute Gasteiger partial charge is 0.341 e. The molecule has 0 aliphatic heterocycles. The molecule has 0 N–H and O–H groups in total. The van der Waals surface area contributed by atoms with Gasteiger partial charge in [-0.2, -0.15) is 0 Å². The Labute approximate surface area is 182 Å². The molecule has 0 spiro atoms. The fraction of sp³-hybridized carbons (Fsp3) is 0.538. The van der Waals surface area contributed by atoms with Gasteiger partial charge in [-0.25, -0.2) is 0 Å². The first-order chi connectivity index (χ1) is 13.7. The zero-order chi connectivity index (χ0) is 21.7. The molecular weight excluding hydrogens is 388 g/mol. The van der Waals surface area contributed by atoms with Gasteiger partial charge in [0.15, 0.2) is 0 Å². The van der Waals surface area contributed by atoms with Crippen molar-refractivity contribution in [3.05, 3.63) is 48.5 Å². The highest BCUT2D eigenvalue weighted by Crippen LogP contribution is 2.50. The Morgan fingerprint density at radius 1 is 0.586 bits per heavy atom. The minimum Gasteiger partial charge on any atom is -0.341 e. The molecule has 0 aliphatic rings. The molecule has 0 saturated heterocycles. The number of hydrogen-bond acceptors (Lipinski definition) is 1. The monoisotopic (exact) mass is 429 g/mol. The number of anilines is 2. The second-order valence-electron chi connectivity index (χ2n) is 8.91. The van der Waals surface area contributed by atoms with E-state index in [1.54, 1.807) is 10.6 Å². The molecule has 0 amide bonds. The molecule has 0 unspecified atom stereocenters. The molecule has 0 aliphatic carbocycles. The van der Waals surface area contributed by atoms with E-state index in [4.69, 9.17) is 0 Å². The van der Waals surface area contributed by atoms with Crippen LogP contribution in [0.5, 0.6) is 0 Å². The molecule has 0 bridgehead atoms. The summed E-state index contributed by atoms with van der Waals surface area (Å²) in [4.78, 5) is 2.59. The van der Waals surface area contributed by atoms with Gasteiger partial charge in [0.05, 0.1) is 0 Å². The van der Waals surface area contributed by atoms with Gasteiger partial charge < -0.3 is 4.90 Å². The summed E-state index contributed by atoms with van der Waals surface area (Å²) in [6, 6.07) is 18.4. The van der Waals surface area contributed by atoms with Crippen LogP contribution in [0.25, 0.3) is 0 Å². The molecule has 2 aromatic carbocycles. The van der Waals surface area contributed by atoms with Crippen LogP contribution in [0.3, 0.4) is 0 Å². The molecule has 0 aromatic heterocycles. The van der Waals surface area contributed by atoms with Crippen molar-refractivity contribution in [2.75, 3.05) is 11.4 Å². The van der Waals surface area contributed by atoms with Gasteiger partial charge in [-0.1, -0.05) is 108 Å². The van der Waals surface area contributed by atoms with E-state index in [1.165, 1.54) is 11.4 Å². The lowest BCUT2D eigenvalue weighted by atomic mass is 10.2. The van der Waals surface area contributed by atoms with E-state index < -0.39 is 0 Å². The van der Waals surface area contributed by atoms with Crippen molar-refractivity contribution in [1.29, 1.82) is 0 Å². The van der Waals surface area contributed by atoms with E-state index in [0.717, 1.165) is 6.54 Å².